The maximum atomic E-state index is 7.54. The molecule has 0 aliphatic carbocycles. The zero-order valence-electron chi connectivity index (χ0n) is 16.0. The zero-order valence-corrected chi connectivity index (χ0v) is 16.0. The summed E-state index contributed by atoms with van der Waals surface area (Å²) in [6.45, 7) is 7.15. The molecule has 0 fully saturated rings. The van der Waals surface area contributed by atoms with Gasteiger partial charge in [0, 0.05) is 30.6 Å². The van der Waals surface area contributed by atoms with Gasteiger partial charge >= 0.3 is 0 Å². The Morgan fingerprint density at radius 2 is 1.96 bits per heavy atom. The Kier molecular flexibility index (Phi) is 6.95. The molecule has 0 spiro atoms. The fourth-order valence-corrected chi connectivity index (χ4v) is 3.07. The molecule has 2 aromatic rings. The molecule has 0 aliphatic rings. The van der Waals surface area contributed by atoms with Gasteiger partial charge in [0.1, 0.15) is 5.82 Å². The number of unbranched alkanes of at least 4 members (excludes halogenated alkanes) is 1. The van der Waals surface area contributed by atoms with Crippen LogP contribution in [0.3, 0.4) is 0 Å². The highest BCUT2D eigenvalue weighted by Crippen LogP contribution is 2.24. The number of hydrogen-bond acceptors (Lipinski definition) is 5. The maximum absolute atomic E-state index is 7.54. The third kappa shape index (κ3) is 5.18. The van der Waals surface area contributed by atoms with E-state index >= 15 is 0 Å². The zero-order chi connectivity index (χ0) is 19.1. The minimum absolute atomic E-state index is 0.175. The highest BCUT2D eigenvalue weighted by atomic mass is 15.1. The molecule has 0 saturated heterocycles. The van der Waals surface area contributed by atoms with Crippen molar-refractivity contribution >= 4 is 17.6 Å². The summed E-state index contributed by atoms with van der Waals surface area (Å²) in [6, 6.07) is 6.33. The Balaban J connectivity index is 2.38. The van der Waals surface area contributed by atoms with Gasteiger partial charge in [-0.2, -0.15) is 4.98 Å². The largest absolute Gasteiger partial charge is 0.387 e. The minimum atomic E-state index is 0.175. The molecule has 0 bridgehead atoms. The topological polar surface area (TPSA) is 114 Å². The lowest BCUT2D eigenvalue weighted by molar-refractivity contribution is 0.827. The average Bonchev–Trinajstić information content (AvgIpc) is 2.57. The fourth-order valence-electron chi connectivity index (χ4n) is 3.07. The van der Waals surface area contributed by atoms with Crippen molar-refractivity contribution in [3.63, 3.8) is 0 Å². The quantitative estimate of drug-likeness (QED) is 0.314. The number of nitrogen functional groups attached to an aromatic ring is 1. The van der Waals surface area contributed by atoms with Crippen molar-refractivity contribution in [1.29, 1.82) is 5.41 Å². The Bertz CT molecular complexity index is 769. The molecule has 0 atom stereocenters. The van der Waals surface area contributed by atoms with Crippen molar-refractivity contribution in [2.75, 3.05) is 17.6 Å². The van der Waals surface area contributed by atoms with Gasteiger partial charge in [-0.1, -0.05) is 38.5 Å². The van der Waals surface area contributed by atoms with Gasteiger partial charge in [-0.25, -0.2) is 4.98 Å². The summed E-state index contributed by atoms with van der Waals surface area (Å²) >= 11 is 0. The second-order valence-corrected chi connectivity index (χ2v) is 6.61. The maximum Gasteiger partial charge on any atom is 0.222 e. The molecule has 0 amide bonds. The molecule has 0 aliphatic heterocycles. The van der Waals surface area contributed by atoms with Crippen molar-refractivity contribution in [1.82, 2.24) is 9.97 Å². The Hall–Kier alpha value is -2.63. The van der Waals surface area contributed by atoms with Crippen molar-refractivity contribution in [2.45, 2.75) is 52.9 Å². The third-order valence-electron chi connectivity index (χ3n) is 4.47. The molecule has 2 rings (SSSR count). The van der Waals surface area contributed by atoms with Crippen molar-refractivity contribution in [2.24, 2.45) is 5.73 Å². The van der Waals surface area contributed by atoms with E-state index in [4.69, 9.17) is 16.9 Å². The van der Waals surface area contributed by atoms with Crippen LogP contribution in [0.15, 0.2) is 18.2 Å². The van der Waals surface area contributed by atoms with E-state index in [1.54, 1.807) is 0 Å². The van der Waals surface area contributed by atoms with Crippen LogP contribution in [0.2, 0.25) is 0 Å². The highest BCUT2D eigenvalue weighted by Gasteiger charge is 2.14. The van der Waals surface area contributed by atoms with Crippen LogP contribution in [0.1, 0.15) is 54.6 Å². The first-order chi connectivity index (χ1) is 12.4. The van der Waals surface area contributed by atoms with Crippen LogP contribution >= 0.6 is 0 Å². The van der Waals surface area contributed by atoms with E-state index < -0.39 is 0 Å². The van der Waals surface area contributed by atoms with Gasteiger partial charge < -0.3 is 16.8 Å². The number of anilines is 2. The molecule has 1 heterocycles. The molecular weight excluding hydrogens is 324 g/mol. The number of nitrogens with zero attached hydrogens (tertiary/aromatic N) is 2. The van der Waals surface area contributed by atoms with Crippen molar-refractivity contribution < 1.29 is 0 Å². The van der Waals surface area contributed by atoms with E-state index in [0.29, 0.717) is 12.4 Å². The van der Waals surface area contributed by atoms with Crippen LogP contribution in [-0.2, 0) is 19.3 Å². The SMILES string of the molecule is CCCCNc1nc(N)nc(C)c1Cc1cc(CC(=N)N)ccc1CC. The summed E-state index contributed by atoms with van der Waals surface area (Å²) in [5.41, 5.74) is 17.0. The highest BCUT2D eigenvalue weighted by molar-refractivity contribution is 5.79. The Labute approximate surface area is 155 Å². The number of hydrogen-bond donors (Lipinski definition) is 4. The molecule has 1 aromatic carbocycles. The molecule has 0 saturated carbocycles. The van der Waals surface area contributed by atoms with Gasteiger partial charge in [-0.3, -0.25) is 5.41 Å². The van der Waals surface area contributed by atoms with Gasteiger partial charge in [0.05, 0.1) is 5.84 Å². The van der Waals surface area contributed by atoms with E-state index in [9.17, 15) is 0 Å². The molecular formula is C20H30N6. The summed E-state index contributed by atoms with van der Waals surface area (Å²) in [5, 5.41) is 11.0. The molecule has 0 unspecified atom stereocenters. The lowest BCUT2D eigenvalue weighted by Gasteiger charge is -2.16. The summed E-state index contributed by atoms with van der Waals surface area (Å²) in [7, 11) is 0. The minimum Gasteiger partial charge on any atom is -0.387 e. The Morgan fingerprint density at radius 1 is 1.19 bits per heavy atom. The predicted molar refractivity (Wildman–Crippen MR) is 109 cm³/mol. The molecule has 0 radical (unpaired) electrons. The number of rotatable bonds is 9. The van der Waals surface area contributed by atoms with Crippen molar-refractivity contribution in [3.8, 4) is 0 Å². The van der Waals surface area contributed by atoms with Gasteiger partial charge in [0.2, 0.25) is 5.95 Å². The Morgan fingerprint density at radius 3 is 2.62 bits per heavy atom. The number of aryl methyl sites for hydroxylation is 2. The smallest absolute Gasteiger partial charge is 0.222 e. The summed E-state index contributed by atoms with van der Waals surface area (Å²) in [5.74, 6) is 1.29. The van der Waals surface area contributed by atoms with E-state index in [0.717, 1.165) is 54.9 Å². The van der Waals surface area contributed by atoms with Crippen LogP contribution in [0.5, 0.6) is 0 Å². The molecule has 140 valence electrons. The van der Waals surface area contributed by atoms with Gasteiger partial charge in [0.15, 0.2) is 0 Å². The normalized spacial score (nSPS) is 10.7. The first-order valence-corrected chi connectivity index (χ1v) is 9.25. The number of benzene rings is 1. The van der Waals surface area contributed by atoms with Gasteiger partial charge in [-0.15, -0.1) is 0 Å². The van der Waals surface area contributed by atoms with Gasteiger partial charge in [0.25, 0.3) is 0 Å². The second-order valence-electron chi connectivity index (χ2n) is 6.61. The molecule has 1 aromatic heterocycles. The molecule has 6 nitrogen and oxygen atoms in total. The summed E-state index contributed by atoms with van der Waals surface area (Å²) in [6.07, 6.45) is 4.35. The lowest BCUT2D eigenvalue weighted by atomic mass is 9.94. The monoisotopic (exact) mass is 354 g/mol. The van der Waals surface area contributed by atoms with Gasteiger partial charge in [-0.05, 0) is 36.5 Å². The summed E-state index contributed by atoms with van der Waals surface area (Å²) < 4.78 is 0. The van der Waals surface area contributed by atoms with Crippen LogP contribution in [-0.4, -0.2) is 22.3 Å². The molecule has 26 heavy (non-hydrogen) atoms. The van der Waals surface area contributed by atoms with Crippen LogP contribution in [0, 0.1) is 12.3 Å². The molecule has 6 heteroatoms. The average molecular weight is 355 g/mol. The van der Waals surface area contributed by atoms with E-state index in [2.05, 4.69) is 47.3 Å². The number of nitrogens with one attached hydrogen (secondary N) is 2. The predicted octanol–water partition coefficient (Wildman–Crippen LogP) is 3.21. The van der Waals surface area contributed by atoms with E-state index in [-0.39, 0.29) is 5.84 Å². The number of aromatic nitrogens is 2. The lowest BCUT2D eigenvalue weighted by Crippen LogP contribution is -2.14. The fraction of sp³-hybridized carbons (Fsp3) is 0.450. The number of nitrogens with two attached hydrogens (primary N) is 2. The first kappa shape index (κ1) is 19.7. The van der Waals surface area contributed by atoms with Crippen molar-refractivity contribution in [3.05, 3.63) is 46.1 Å². The number of amidine groups is 1. The van der Waals surface area contributed by atoms with E-state index in [1.807, 2.05) is 6.92 Å². The second kappa shape index (κ2) is 9.17. The van der Waals surface area contributed by atoms with Crippen LogP contribution in [0.25, 0.3) is 0 Å². The van der Waals surface area contributed by atoms with Crippen LogP contribution in [0.4, 0.5) is 11.8 Å². The summed E-state index contributed by atoms with van der Waals surface area (Å²) in [4.78, 5) is 8.79. The van der Waals surface area contributed by atoms with E-state index in [1.165, 1.54) is 11.1 Å². The first-order valence-electron chi connectivity index (χ1n) is 9.25. The third-order valence-corrected chi connectivity index (χ3v) is 4.47. The molecule has 6 N–H and O–H groups in total. The standard InChI is InChI=1S/C20H30N6/c1-4-6-9-24-19-17(13(3)25-20(23)26-19)12-16-10-14(11-18(21)22)7-8-15(16)5-2/h7-8,10H,4-6,9,11-12H2,1-3H3,(H3,21,22)(H3,23,24,25,26). The van der Waals surface area contributed by atoms with Crippen LogP contribution < -0.4 is 16.8 Å².